The topological polar surface area (TPSA) is 101 Å². The molecule has 1 aliphatic carbocycles. The van der Waals surface area contributed by atoms with Crippen molar-refractivity contribution in [3.8, 4) is 0 Å². The SMILES string of the molecule is O=C(COC1CCC(Nc2ccc([N+](=O)[O-])c(C(F)(F)F)c2)CC1)N1CCN(c2ncc(C(F)(F)F)cc2Cl)CC1. The van der Waals surface area contributed by atoms with E-state index in [2.05, 4.69) is 10.3 Å². The van der Waals surface area contributed by atoms with Gasteiger partial charge in [0.05, 0.1) is 21.6 Å². The number of nitro benzene ring substituents is 1. The fraction of sp³-hybridized carbons (Fsp3) is 0.520. The van der Waals surface area contributed by atoms with Gasteiger partial charge in [0.1, 0.15) is 18.0 Å². The van der Waals surface area contributed by atoms with Crippen molar-refractivity contribution >= 4 is 34.7 Å². The highest BCUT2D eigenvalue weighted by atomic mass is 35.5. The van der Waals surface area contributed by atoms with Gasteiger partial charge in [-0.1, -0.05) is 11.6 Å². The van der Waals surface area contributed by atoms with E-state index in [-0.39, 0.29) is 41.2 Å². The summed E-state index contributed by atoms with van der Waals surface area (Å²) in [7, 11) is 0. The van der Waals surface area contributed by atoms with Crippen molar-refractivity contribution in [2.75, 3.05) is 43.0 Å². The van der Waals surface area contributed by atoms with Crippen LogP contribution in [-0.2, 0) is 21.9 Å². The molecule has 1 N–H and O–H groups in total. The molecule has 1 amide bonds. The van der Waals surface area contributed by atoms with Crippen LogP contribution >= 0.6 is 11.6 Å². The maximum atomic E-state index is 13.2. The molecule has 9 nitrogen and oxygen atoms in total. The number of rotatable bonds is 7. The quantitative estimate of drug-likeness (QED) is 0.242. The first kappa shape index (κ1) is 30.6. The number of pyridine rings is 1. The molecule has 2 aromatic rings. The van der Waals surface area contributed by atoms with Gasteiger partial charge >= 0.3 is 12.4 Å². The van der Waals surface area contributed by atoms with E-state index in [1.165, 1.54) is 6.07 Å². The van der Waals surface area contributed by atoms with Crippen LogP contribution in [0.1, 0.15) is 36.8 Å². The maximum absolute atomic E-state index is 13.2. The molecule has 0 atom stereocenters. The largest absolute Gasteiger partial charge is 0.423 e. The highest BCUT2D eigenvalue weighted by molar-refractivity contribution is 6.33. The first-order chi connectivity index (χ1) is 19.2. The first-order valence-corrected chi connectivity index (χ1v) is 13.1. The summed E-state index contributed by atoms with van der Waals surface area (Å²) < 4.78 is 84.1. The van der Waals surface area contributed by atoms with Gasteiger partial charge < -0.3 is 19.9 Å². The van der Waals surface area contributed by atoms with Crippen molar-refractivity contribution in [2.24, 2.45) is 0 Å². The van der Waals surface area contributed by atoms with Gasteiger partial charge in [0.2, 0.25) is 5.91 Å². The predicted octanol–water partition coefficient (Wildman–Crippen LogP) is 5.77. The van der Waals surface area contributed by atoms with Crippen molar-refractivity contribution in [1.29, 1.82) is 0 Å². The van der Waals surface area contributed by atoms with E-state index in [0.717, 1.165) is 24.4 Å². The lowest BCUT2D eigenvalue weighted by Gasteiger charge is -2.36. The Kier molecular flexibility index (Phi) is 9.16. The lowest BCUT2D eigenvalue weighted by atomic mass is 9.92. The predicted molar refractivity (Wildman–Crippen MR) is 137 cm³/mol. The van der Waals surface area contributed by atoms with Crippen molar-refractivity contribution < 1.29 is 40.8 Å². The van der Waals surface area contributed by atoms with Gasteiger partial charge in [-0.05, 0) is 43.9 Å². The van der Waals surface area contributed by atoms with E-state index >= 15 is 0 Å². The number of anilines is 2. The number of piperazine rings is 1. The van der Waals surface area contributed by atoms with E-state index in [9.17, 15) is 41.3 Å². The molecule has 1 aromatic heterocycles. The molecule has 1 saturated heterocycles. The number of nitrogens with zero attached hydrogens (tertiary/aromatic N) is 4. The van der Waals surface area contributed by atoms with Crippen molar-refractivity contribution in [2.45, 2.75) is 50.2 Å². The molecule has 0 bridgehead atoms. The molecular weight excluding hydrogens is 584 g/mol. The fourth-order valence-corrected chi connectivity index (χ4v) is 5.17. The van der Waals surface area contributed by atoms with Crippen molar-refractivity contribution in [3.05, 3.63) is 56.7 Å². The van der Waals surface area contributed by atoms with Gasteiger partial charge in [0, 0.05) is 50.2 Å². The summed E-state index contributed by atoms with van der Waals surface area (Å²) in [4.78, 5) is 29.7. The molecule has 1 aromatic carbocycles. The molecule has 41 heavy (non-hydrogen) atoms. The zero-order valence-corrected chi connectivity index (χ0v) is 22.2. The second-order valence-corrected chi connectivity index (χ2v) is 10.2. The zero-order chi connectivity index (χ0) is 29.9. The second kappa shape index (κ2) is 12.3. The van der Waals surface area contributed by atoms with Crippen LogP contribution in [0.5, 0.6) is 0 Å². The molecule has 0 unspecified atom stereocenters. The average molecular weight is 610 g/mol. The van der Waals surface area contributed by atoms with Gasteiger partial charge in [-0.25, -0.2) is 4.98 Å². The Morgan fingerprint density at radius 2 is 1.71 bits per heavy atom. The molecule has 1 saturated carbocycles. The normalized spacial score (nSPS) is 20.2. The average Bonchev–Trinajstić information content (AvgIpc) is 2.91. The molecule has 2 fully saturated rings. The highest BCUT2D eigenvalue weighted by Gasteiger charge is 2.39. The number of halogens is 7. The minimum Gasteiger partial charge on any atom is -0.382 e. The fourth-order valence-electron chi connectivity index (χ4n) is 4.89. The number of hydrogen-bond acceptors (Lipinski definition) is 7. The van der Waals surface area contributed by atoms with Crippen LogP contribution in [0, 0.1) is 10.1 Å². The van der Waals surface area contributed by atoms with Gasteiger partial charge in [0.15, 0.2) is 0 Å². The monoisotopic (exact) mass is 609 g/mol. The minimum absolute atomic E-state index is 0.123. The summed E-state index contributed by atoms with van der Waals surface area (Å²) in [6.45, 7) is 1.14. The van der Waals surface area contributed by atoms with Crippen LogP contribution in [0.4, 0.5) is 43.5 Å². The van der Waals surface area contributed by atoms with Gasteiger partial charge in [0.25, 0.3) is 5.69 Å². The minimum atomic E-state index is -4.86. The number of carbonyl (C=O) groups excluding carboxylic acids is 1. The van der Waals surface area contributed by atoms with E-state index in [1.807, 2.05) is 0 Å². The van der Waals surface area contributed by atoms with Gasteiger partial charge in [-0.3, -0.25) is 14.9 Å². The molecule has 16 heteroatoms. The first-order valence-electron chi connectivity index (χ1n) is 12.7. The second-order valence-electron chi connectivity index (χ2n) is 9.81. The Hall–Kier alpha value is -3.33. The van der Waals surface area contributed by atoms with E-state index < -0.39 is 34.1 Å². The maximum Gasteiger partial charge on any atom is 0.423 e. The Labute approximate surface area is 235 Å². The lowest BCUT2D eigenvalue weighted by molar-refractivity contribution is -0.388. The number of benzene rings is 1. The third-order valence-corrected chi connectivity index (χ3v) is 7.35. The molecule has 4 rings (SSSR count). The van der Waals surface area contributed by atoms with Gasteiger partial charge in [-0.2, -0.15) is 26.3 Å². The van der Waals surface area contributed by atoms with Crippen LogP contribution in [-0.4, -0.2) is 65.6 Å². The summed E-state index contributed by atoms with van der Waals surface area (Å²) >= 11 is 6.02. The Bertz CT molecular complexity index is 1260. The van der Waals surface area contributed by atoms with Crippen LogP contribution < -0.4 is 10.2 Å². The molecular formula is C25H26ClF6N5O4. The highest BCUT2D eigenvalue weighted by Crippen LogP contribution is 2.38. The molecule has 2 heterocycles. The third-order valence-electron chi connectivity index (χ3n) is 7.07. The molecule has 2 aliphatic rings. The standard InChI is InChI=1S/C25H26ClF6N5O4/c26-20-11-15(24(27,28)29)13-33-23(20)36-9-7-35(8-10-36)22(38)14-41-18-4-1-16(2-5-18)34-17-3-6-21(37(39)40)19(12-17)25(30,31)32/h3,6,11-13,16,18,34H,1-2,4-5,7-10,14H2. The summed E-state index contributed by atoms with van der Waals surface area (Å²) in [5.74, 6) is -0.0151. The molecule has 224 valence electrons. The summed E-state index contributed by atoms with van der Waals surface area (Å²) in [5, 5.41) is 13.8. The molecule has 1 aliphatic heterocycles. The van der Waals surface area contributed by atoms with Crippen LogP contribution in [0.15, 0.2) is 30.5 Å². The number of amides is 1. The Morgan fingerprint density at radius 1 is 1.05 bits per heavy atom. The number of nitro groups is 1. The summed E-state index contributed by atoms with van der Waals surface area (Å²) in [5.41, 5.74) is -3.13. The summed E-state index contributed by atoms with van der Waals surface area (Å²) in [6.07, 6.45) is -6.64. The van der Waals surface area contributed by atoms with Crippen LogP contribution in [0.3, 0.4) is 0 Å². The zero-order valence-electron chi connectivity index (χ0n) is 21.5. The van der Waals surface area contributed by atoms with Crippen molar-refractivity contribution in [3.63, 3.8) is 0 Å². The van der Waals surface area contributed by atoms with Gasteiger partial charge in [-0.15, -0.1) is 0 Å². The number of ether oxygens (including phenoxy) is 1. The van der Waals surface area contributed by atoms with Crippen LogP contribution in [0.25, 0.3) is 0 Å². The smallest absolute Gasteiger partial charge is 0.382 e. The number of hydrogen-bond donors (Lipinski definition) is 1. The lowest BCUT2D eigenvalue weighted by Crippen LogP contribution is -2.50. The number of aromatic nitrogens is 1. The third kappa shape index (κ3) is 7.70. The number of nitrogens with one attached hydrogen (secondary N) is 1. The molecule has 0 radical (unpaired) electrons. The Morgan fingerprint density at radius 3 is 2.27 bits per heavy atom. The van der Waals surface area contributed by atoms with Crippen LogP contribution in [0.2, 0.25) is 5.02 Å². The molecule has 0 spiro atoms. The van der Waals surface area contributed by atoms with E-state index in [0.29, 0.717) is 51.9 Å². The van der Waals surface area contributed by atoms with E-state index in [4.69, 9.17) is 16.3 Å². The number of alkyl halides is 6. The number of carbonyl (C=O) groups is 1. The summed E-state index contributed by atoms with van der Waals surface area (Å²) in [6, 6.07) is 3.48. The van der Waals surface area contributed by atoms with Crippen molar-refractivity contribution in [1.82, 2.24) is 9.88 Å². The van der Waals surface area contributed by atoms with E-state index in [1.54, 1.807) is 9.80 Å². The Balaban J connectivity index is 1.21.